The van der Waals surface area contributed by atoms with Crippen LogP contribution >= 0.6 is 0 Å². The van der Waals surface area contributed by atoms with E-state index >= 15 is 0 Å². The molecule has 0 bridgehead atoms. The minimum atomic E-state index is -3.77. The lowest BCUT2D eigenvalue weighted by Gasteiger charge is -2.30. The molecule has 11 nitrogen and oxygen atoms in total. The molecule has 1 aliphatic rings. The molecule has 0 spiro atoms. The van der Waals surface area contributed by atoms with Gasteiger partial charge in [0.2, 0.25) is 15.9 Å². The number of carbonyl (C=O) groups is 2. The minimum absolute atomic E-state index is 0.0680. The van der Waals surface area contributed by atoms with Crippen LogP contribution in [0.25, 0.3) is 0 Å². The summed E-state index contributed by atoms with van der Waals surface area (Å²) >= 11 is 0. The molecule has 33 heavy (non-hydrogen) atoms. The van der Waals surface area contributed by atoms with Crippen molar-refractivity contribution in [1.82, 2.24) is 9.46 Å². The van der Waals surface area contributed by atoms with Gasteiger partial charge in [0.1, 0.15) is 10.6 Å². The number of aromatic nitrogens is 1. The van der Waals surface area contributed by atoms with Gasteiger partial charge in [-0.2, -0.15) is 4.31 Å². The van der Waals surface area contributed by atoms with E-state index in [2.05, 4.69) is 10.5 Å². The van der Waals surface area contributed by atoms with Gasteiger partial charge in [-0.25, -0.2) is 13.2 Å². The maximum Gasteiger partial charge on any atom is 0.340 e. The second kappa shape index (κ2) is 9.79. The molecule has 1 aromatic heterocycles. The maximum absolute atomic E-state index is 13.0. The van der Waals surface area contributed by atoms with Crippen LogP contribution in [0.1, 0.15) is 34.7 Å². The van der Waals surface area contributed by atoms with Crippen LogP contribution in [0.2, 0.25) is 0 Å². The molecule has 1 aromatic carbocycles. The fourth-order valence-corrected chi connectivity index (χ4v) is 5.59. The molecule has 12 heteroatoms. The van der Waals surface area contributed by atoms with Gasteiger partial charge in [0, 0.05) is 31.1 Å². The Labute approximate surface area is 192 Å². The first kappa shape index (κ1) is 24.5. The third-order valence-electron chi connectivity index (χ3n) is 5.58. The van der Waals surface area contributed by atoms with Crippen LogP contribution in [-0.4, -0.2) is 64.2 Å². The highest BCUT2D eigenvalue weighted by molar-refractivity contribution is 7.89. The van der Waals surface area contributed by atoms with E-state index in [1.165, 1.54) is 37.8 Å². The first-order valence-electron chi connectivity index (χ1n) is 10.2. The monoisotopic (exact) mass is 481 g/mol. The van der Waals surface area contributed by atoms with E-state index in [1.807, 2.05) is 0 Å². The van der Waals surface area contributed by atoms with Gasteiger partial charge in [0.05, 0.1) is 32.6 Å². The van der Waals surface area contributed by atoms with Gasteiger partial charge in [-0.3, -0.25) is 4.79 Å². The number of anilines is 1. The van der Waals surface area contributed by atoms with E-state index in [0.29, 0.717) is 30.0 Å². The van der Waals surface area contributed by atoms with Crippen LogP contribution in [0.3, 0.4) is 0 Å². The zero-order valence-corrected chi connectivity index (χ0v) is 19.9. The lowest BCUT2D eigenvalue weighted by molar-refractivity contribution is -0.120. The molecule has 2 aromatic rings. The first-order chi connectivity index (χ1) is 15.6. The third kappa shape index (κ3) is 4.81. The molecular weight excluding hydrogens is 454 g/mol. The number of hydrogen-bond acceptors (Lipinski definition) is 9. The molecule has 2 heterocycles. The number of amides is 1. The smallest absolute Gasteiger partial charge is 0.340 e. The normalized spacial score (nSPS) is 15.2. The molecule has 1 aliphatic heterocycles. The van der Waals surface area contributed by atoms with Gasteiger partial charge in [0.15, 0.2) is 17.3 Å². The number of piperidine rings is 1. The van der Waals surface area contributed by atoms with Crippen molar-refractivity contribution >= 4 is 27.6 Å². The van der Waals surface area contributed by atoms with E-state index < -0.39 is 21.9 Å². The average Bonchev–Trinajstić information content (AvgIpc) is 3.16. The highest BCUT2D eigenvalue weighted by atomic mass is 32.2. The zero-order valence-electron chi connectivity index (χ0n) is 19.1. The predicted molar refractivity (Wildman–Crippen MR) is 117 cm³/mol. The SMILES string of the molecule is COC(=O)c1cc(OC)c(OC)cc1NC(=O)C1CCN(S(=O)(=O)c2c(C)noc2C)CC1. The number of sulfonamides is 1. The lowest BCUT2D eigenvalue weighted by Crippen LogP contribution is -2.41. The van der Waals surface area contributed by atoms with Crippen molar-refractivity contribution in [1.29, 1.82) is 0 Å². The van der Waals surface area contributed by atoms with Crippen molar-refractivity contribution in [3.8, 4) is 11.5 Å². The largest absolute Gasteiger partial charge is 0.493 e. The van der Waals surface area contributed by atoms with E-state index in [0.717, 1.165) is 0 Å². The number of aryl methyl sites for hydroxylation is 2. The van der Waals surface area contributed by atoms with Crippen LogP contribution in [0, 0.1) is 19.8 Å². The number of carbonyl (C=O) groups excluding carboxylic acids is 2. The van der Waals surface area contributed by atoms with Gasteiger partial charge >= 0.3 is 5.97 Å². The molecule has 1 N–H and O–H groups in total. The van der Waals surface area contributed by atoms with Crippen molar-refractivity contribution in [2.75, 3.05) is 39.7 Å². The molecule has 3 rings (SSSR count). The van der Waals surface area contributed by atoms with E-state index in [1.54, 1.807) is 13.8 Å². The summed E-state index contributed by atoms with van der Waals surface area (Å²) in [5.41, 5.74) is 0.633. The molecule has 0 radical (unpaired) electrons. The van der Waals surface area contributed by atoms with Crippen LogP contribution in [-0.2, 0) is 19.6 Å². The van der Waals surface area contributed by atoms with Crippen LogP contribution in [0.15, 0.2) is 21.6 Å². The Morgan fingerprint density at radius 2 is 1.70 bits per heavy atom. The quantitative estimate of drug-likeness (QED) is 0.590. The predicted octanol–water partition coefficient (Wildman–Crippen LogP) is 2.13. The Bertz CT molecular complexity index is 1130. The Hall–Kier alpha value is -3.12. The molecular formula is C21H27N3O8S. The lowest BCUT2D eigenvalue weighted by atomic mass is 9.97. The van der Waals surface area contributed by atoms with E-state index in [4.69, 9.17) is 18.7 Å². The molecule has 0 saturated carbocycles. The molecule has 0 atom stereocenters. The second-order valence-electron chi connectivity index (χ2n) is 7.57. The number of esters is 1. The number of nitrogens with one attached hydrogen (secondary N) is 1. The Morgan fingerprint density at radius 3 is 2.21 bits per heavy atom. The summed E-state index contributed by atoms with van der Waals surface area (Å²) in [5.74, 6) is -0.543. The summed E-state index contributed by atoms with van der Waals surface area (Å²) in [7, 11) is 0.337. The summed E-state index contributed by atoms with van der Waals surface area (Å²) in [6.45, 7) is 3.46. The zero-order chi connectivity index (χ0) is 24.3. The summed E-state index contributed by atoms with van der Waals surface area (Å²) < 4.78 is 47.6. The highest BCUT2D eigenvalue weighted by Crippen LogP contribution is 2.35. The Balaban J connectivity index is 1.75. The summed E-state index contributed by atoms with van der Waals surface area (Å²) in [6, 6.07) is 2.92. The topological polar surface area (TPSA) is 137 Å². The van der Waals surface area contributed by atoms with E-state index in [-0.39, 0.29) is 40.9 Å². The highest BCUT2D eigenvalue weighted by Gasteiger charge is 2.35. The van der Waals surface area contributed by atoms with Crippen LogP contribution in [0.4, 0.5) is 5.69 Å². The second-order valence-corrected chi connectivity index (χ2v) is 9.44. The Morgan fingerprint density at radius 1 is 1.09 bits per heavy atom. The number of benzene rings is 1. The number of rotatable bonds is 7. The number of hydrogen-bond donors (Lipinski definition) is 1. The first-order valence-corrected chi connectivity index (χ1v) is 11.7. The van der Waals surface area contributed by atoms with Gasteiger partial charge in [-0.05, 0) is 26.7 Å². The summed E-state index contributed by atoms with van der Waals surface area (Å²) in [6.07, 6.45) is 0.630. The van der Waals surface area contributed by atoms with Gasteiger partial charge in [0.25, 0.3) is 0 Å². The van der Waals surface area contributed by atoms with Gasteiger partial charge < -0.3 is 24.1 Å². The van der Waals surface area contributed by atoms with Gasteiger partial charge in [-0.1, -0.05) is 5.16 Å². The van der Waals surface area contributed by atoms with Crippen molar-refractivity contribution in [3.63, 3.8) is 0 Å². The Kier molecular flexibility index (Phi) is 7.28. The standard InChI is InChI=1S/C21H27N3O8S/c1-12-19(13(2)32-23-12)33(27,28)24-8-6-14(7-9-24)20(25)22-16-11-18(30-4)17(29-3)10-15(16)21(26)31-5/h10-11,14H,6-9H2,1-5H3,(H,22,25). The summed E-state index contributed by atoms with van der Waals surface area (Å²) in [4.78, 5) is 25.2. The molecule has 0 unspecified atom stereocenters. The van der Waals surface area contributed by atoms with Crippen LogP contribution in [0.5, 0.6) is 11.5 Å². The molecule has 0 aliphatic carbocycles. The summed E-state index contributed by atoms with van der Waals surface area (Å²) in [5, 5.41) is 6.47. The number of methoxy groups -OCH3 is 3. The van der Waals surface area contributed by atoms with Gasteiger partial charge in [-0.15, -0.1) is 0 Å². The van der Waals surface area contributed by atoms with E-state index in [9.17, 15) is 18.0 Å². The minimum Gasteiger partial charge on any atom is -0.493 e. The third-order valence-corrected chi connectivity index (χ3v) is 7.72. The number of nitrogens with zero attached hydrogens (tertiary/aromatic N) is 2. The van der Waals surface area contributed by atoms with Crippen molar-refractivity contribution in [2.45, 2.75) is 31.6 Å². The van der Waals surface area contributed by atoms with Crippen molar-refractivity contribution in [2.24, 2.45) is 5.92 Å². The molecule has 1 amide bonds. The number of ether oxygens (including phenoxy) is 3. The molecule has 180 valence electrons. The van der Waals surface area contributed by atoms with Crippen LogP contribution < -0.4 is 14.8 Å². The fourth-order valence-electron chi connectivity index (χ4n) is 3.83. The van der Waals surface area contributed by atoms with Crippen molar-refractivity contribution < 1.29 is 36.7 Å². The molecule has 1 fully saturated rings. The maximum atomic E-state index is 13.0. The fraction of sp³-hybridized carbons (Fsp3) is 0.476. The molecule has 1 saturated heterocycles. The van der Waals surface area contributed by atoms with Crippen molar-refractivity contribution in [3.05, 3.63) is 29.2 Å². The average molecular weight is 482 g/mol.